The minimum atomic E-state index is -0.552. The van der Waals surface area contributed by atoms with Gasteiger partial charge in [-0.3, -0.25) is 10.1 Å². The van der Waals surface area contributed by atoms with Gasteiger partial charge in [-0.15, -0.1) is 0 Å². The molecule has 0 amide bonds. The zero-order chi connectivity index (χ0) is 18.2. The summed E-state index contributed by atoms with van der Waals surface area (Å²) in [6.45, 7) is 10.5. The van der Waals surface area contributed by atoms with Gasteiger partial charge >= 0.3 is 7.12 Å². The van der Waals surface area contributed by atoms with E-state index in [0.717, 1.165) is 0 Å². The van der Waals surface area contributed by atoms with Gasteiger partial charge in [0.25, 0.3) is 5.69 Å². The highest BCUT2D eigenvalue weighted by atomic mass is 16.6. The molecular formula is C17H25BN2O5. The van der Waals surface area contributed by atoms with Crippen LogP contribution in [0, 0.1) is 15.5 Å². The van der Waals surface area contributed by atoms with Crippen LogP contribution in [0.25, 0.3) is 0 Å². The van der Waals surface area contributed by atoms with Crippen LogP contribution in [0.1, 0.15) is 27.7 Å². The van der Waals surface area contributed by atoms with Crippen LogP contribution in [-0.4, -0.2) is 50.6 Å². The van der Waals surface area contributed by atoms with Gasteiger partial charge in [0, 0.05) is 37.8 Å². The first-order valence-corrected chi connectivity index (χ1v) is 8.67. The molecule has 0 N–H and O–H groups in total. The smallest absolute Gasteiger partial charge is 0.407 e. The van der Waals surface area contributed by atoms with E-state index in [1.165, 1.54) is 0 Å². The Morgan fingerprint density at radius 2 is 1.80 bits per heavy atom. The summed E-state index contributed by atoms with van der Waals surface area (Å²) >= 11 is 0. The summed E-state index contributed by atoms with van der Waals surface area (Å²) in [5.41, 5.74) is 1.34. The van der Waals surface area contributed by atoms with Crippen LogP contribution < -0.4 is 10.4 Å². The van der Waals surface area contributed by atoms with Crippen molar-refractivity contribution in [3.8, 4) is 0 Å². The summed E-state index contributed by atoms with van der Waals surface area (Å²) in [7, 11) is -0.552. The quantitative estimate of drug-likeness (QED) is 0.472. The lowest BCUT2D eigenvalue weighted by Gasteiger charge is -2.36. The largest absolute Gasteiger partial charge is 0.494 e. The molecule has 0 aliphatic carbocycles. The maximum atomic E-state index is 11.6. The molecule has 25 heavy (non-hydrogen) atoms. The van der Waals surface area contributed by atoms with Gasteiger partial charge in [-0.25, -0.2) is 0 Å². The van der Waals surface area contributed by atoms with E-state index in [4.69, 9.17) is 14.0 Å². The van der Waals surface area contributed by atoms with Gasteiger partial charge in [0.2, 0.25) is 0 Å². The fourth-order valence-electron chi connectivity index (χ4n) is 3.36. The highest BCUT2D eigenvalue weighted by Crippen LogP contribution is 2.30. The molecule has 2 aliphatic rings. The summed E-state index contributed by atoms with van der Waals surface area (Å²) in [4.78, 5) is 13.3. The monoisotopic (exact) mass is 348 g/mol. The van der Waals surface area contributed by atoms with E-state index >= 15 is 0 Å². The molecule has 136 valence electrons. The SMILES string of the molecule is C[C@@H]1CN(c2ccc(B3OCC(C)(C)CO3)cc2[N+](=O)[O-])C[C@H](C)O1. The Bertz CT molecular complexity index is 634. The zero-order valence-electron chi connectivity index (χ0n) is 15.2. The second kappa shape index (κ2) is 6.94. The first-order chi connectivity index (χ1) is 11.7. The number of hydrogen-bond acceptors (Lipinski definition) is 6. The number of morpholine rings is 1. The van der Waals surface area contributed by atoms with Crippen molar-refractivity contribution < 1.29 is 19.0 Å². The van der Waals surface area contributed by atoms with Crippen molar-refractivity contribution in [1.82, 2.24) is 0 Å². The van der Waals surface area contributed by atoms with Crippen molar-refractivity contribution >= 4 is 24.0 Å². The van der Waals surface area contributed by atoms with E-state index in [1.807, 2.05) is 24.8 Å². The maximum absolute atomic E-state index is 11.6. The molecule has 0 saturated carbocycles. The summed E-state index contributed by atoms with van der Waals surface area (Å²) in [6, 6.07) is 5.23. The van der Waals surface area contributed by atoms with Crippen molar-refractivity contribution in [3.63, 3.8) is 0 Å². The molecule has 0 spiro atoms. The van der Waals surface area contributed by atoms with E-state index in [-0.39, 0.29) is 28.2 Å². The number of benzene rings is 1. The third-order valence-electron chi connectivity index (χ3n) is 4.48. The molecule has 0 bridgehead atoms. The van der Waals surface area contributed by atoms with E-state index in [0.29, 0.717) is 37.5 Å². The lowest BCUT2D eigenvalue weighted by Crippen LogP contribution is -2.48. The first-order valence-electron chi connectivity index (χ1n) is 8.67. The third kappa shape index (κ3) is 4.13. The molecule has 7 nitrogen and oxygen atoms in total. The van der Waals surface area contributed by atoms with Crippen LogP contribution in [0.4, 0.5) is 11.4 Å². The molecule has 1 aromatic rings. The number of nitro benzene ring substituents is 1. The maximum Gasteiger partial charge on any atom is 0.494 e. The van der Waals surface area contributed by atoms with Gasteiger partial charge in [0.15, 0.2) is 0 Å². The molecule has 3 rings (SSSR count). The van der Waals surface area contributed by atoms with E-state index in [2.05, 4.69) is 13.8 Å². The van der Waals surface area contributed by atoms with Gasteiger partial charge in [-0.2, -0.15) is 0 Å². The fourth-order valence-corrected chi connectivity index (χ4v) is 3.36. The number of anilines is 1. The number of ether oxygens (including phenoxy) is 1. The molecule has 8 heteroatoms. The zero-order valence-corrected chi connectivity index (χ0v) is 15.2. The Labute approximate surface area is 148 Å². The Balaban J connectivity index is 1.85. The fraction of sp³-hybridized carbons (Fsp3) is 0.647. The highest BCUT2D eigenvalue weighted by Gasteiger charge is 2.35. The predicted molar refractivity (Wildman–Crippen MR) is 96.4 cm³/mol. The number of rotatable bonds is 3. The van der Waals surface area contributed by atoms with E-state index < -0.39 is 7.12 Å². The Morgan fingerprint density at radius 1 is 1.20 bits per heavy atom. The number of nitrogens with zero attached hydrogens (tertiary/aromatic N) is 2. The summed E-state index contributed by atoms with van der Waals surface area (Å²) in [5.74, 6) is 0. The third-order valence-corrected chi connectivity index (χ3v) is 4.48. The number of nitro groups is 1. The van der Waals surface area contributed by atoms with Crippen LogP contribution >= 0.6 is 0 Å². The molecule has 1 aromatic carbocycles. The summed E-state index contributed by atoms with van der Waals surface area (Å²) in [5, 5.41) is 11.6. The van der Waals surface area contributed by atoms with Crippen LogP contribution in [0.2, 0.25) is 0 Å². The molecule has 2 heterocycles. The molecule has 2 saturated heterocycles. The molecule has 2 fully saturated rings. The minimum Gasteiger partial charge on any atom is -0.407 e. The van der Waals surface area contributed by atoms with Crippen LogP contribution in [0.5, 0.6) is 0 Å². The summed E-state index contributed by atoms with van der Waals surface area (Å²) < 4.78 is 17.2. The van der Waals surface area contributed by atoms with Gasteiger partial charge in [-0.1, -0.05) is 19.9 Å². The summed E-state index contributed by atoms with van der Waals surface area (Å²) in [6.07, 6.45) is 0.0746. The standard InChI is InChI=1S/C17H25BN2O5/c1-12-8-19(9-13(2)25-12)15-6-5-14(7-16(15)20(21)22)18-23-10-17(3,4)11-24-18/h5-7,12-13H,8-11H2,1-4H3/t12-,13+. The minimum absolute atomic E-state index is 0.0373. The van der Waals surface area contributed by atoms with Gasteiger partial charge in [0.1, 0.15) is 5.69 Å². The van der Waals surface area contributed by atoms with Crippen molar-refractivity contribution in [2.75, 3.05) is 31.2 Å². The molecule has 0 radical (unpaired) electrons. The average molecular weight is 348 g/mol. The second-order valence-electron chi connectivity index (χ2n) is 7.79. The van der Waals surface area contributed by atoms with Gasteiger partial charge in [0.05, 0.1) is 17.1 Å². The lowest BCUT2D eigenvalue weighted by atomic mass is 9.75. The van der Waals surface area contributed by atoms with Crippen molar-refractivity contribution in [1.29, 1.82) is 0 Å². The van der Waals surface area contributed by atoms with Gasteiger partial charge in [-0.05, 0) is 25.4 Å². The molecule has 2 atom stereocenters. The topological polar surface area (TPSA) is 74.1 Å². The first kappa shape index (κ1) is 18.2. The molecular weight excluding hydrogens is 323 g/mol. The highest BCUT2D eigenvalue weighted by molar-refractivity contribution is 6.61. The van der Waals surface area contributed by atoms with E-state index in [9.17, 15) is 10.1 Å². The molecule has 0 unspecified atom stereocenters. The van der Waals surface area contributed by atoms with Crippen LogP contribution in [0.15, 0.2) is 18.2 Å². The van der Waals surface area contributed by atoms with Crippen molar-refractivity contribution in [2.45, 2.75) is 39.9 Å². The Kier molecular flexibility index (Phi) is 5.04. The van der Waals surface area contributed by atoms with Crippen LogP contribution in [-0.2, 0) is 14.0 Å². The average Bonchev–Trinajstić information content (AvgIpc) is 2.53. The van der Waals surface area contributed by atoms with Gasteiger partial charge < -0.3 is 18.9 Å². The predicted octanol–water partition coefficient (Wildman–Crippen LogP) is 1.98. The Morgan fingerprint density at radius 3 is 2.36 bits per heavy atom. The lowest BCUT2D eigenvalue weighted by molar-refractivity contribution is -0.384. The number of hydrogen-bond donors (Lipinski definition) is 0. The molecule has 2 aliphatic heterocycles. The second-order valence-corrected chi connectivity index (χ2v) is 7.79. The Hall–Kier alpha value is -1.64. The van der Waals surface area contributed by atoms with Crippen molar-refractivity contribution in [3.05, 3.63) is 28.3 Å². The van der Waals surface area contributed by atoms with Crippen molar-refractivity contribution in [2.24, 2.45) is 5.41 Å². The van der Waals surface area contributed by atoms with Crippen LogP contribution in [0.3, 0.4) is 0 Å². The molecule has 0 aromatic heterocycles. The normalized spacial score (nSPS) is 26.6. The van der Waals surface area contributed by atoms with E-state index in [1.54, 1.807) is 12.1 Å².